The number of ether oxygens (including phenoxy) is 1. The molecule has 23 heavy (non-hydrogen) atoms. The number of hydrogen-bond donors (Lipinski definition) is 2. The summed E-state index contributed by atoms with van der Waals surface area (Å²) in [4.78, 5) is 23.6. The average molecular weight is 376 g/mol. The summed E-state index contributed by atoms with van der Waals surface area (Å²) in [5.41, 5.74) is 3.36. The number of hydrogen-bond acceptors (Lipinski definition) is 4. The molecule has 0 bridgehead atoms. The second-order valence-corrected chi connectivity index (χ2v) is 5.23. The van der Waals surface area contributed by atoms with Gasteiger partial charge in [0, 0.05) is 10.0 Å². The molecule has 2 N–H and O–H groups in total. The second kappa shape index (κ2) is 8.09. The summed E-state index contributed by atoms with van der Waals surface area (Å²) >= 11 is 3.36. The van der Waals surface area contributed by atoms with Crippen molar-refractivity contribution in [2.24, 2.45) is 5.10 Å². The van der Waals surface area contributed by atoms with Crippen LogP contribution in [0, 0.1) is 0 Å². The van der Waals surface area contributed by atoms with Crippen molar-refractivity contribution < 1.29 is 14.3 Å². The fourth-order valence-corrected chi connectivity index (χ4v) is 2.11. The lowest BCUT2D eigenvalue weighted by atomic mass is 10.2. The molecular formula is C16H14BrN3O3. The van der Waals surface area contributed by atoms with Crippen LogP contribution in [0.3, 0.4) is 0 Å². The minimum Gasteiger partial charge on any atom is -0.495 e. The van der Waals surface area contributed by atoms with Crippen molar-refractivity contribution in [3.8, 4) is 5.75 Å². The summed E-state index contributed by atoms with van der Waals surface area (Å²) in [5, 5.41) is 6.22. The second-order valence-electron chi connectivity index (χ2n) is 4.38. The van der Waals surface area contributed by atoms with Crippen molar-refractivity contribution in [2.45, 2.75) is 0 Å². The summed E-state index contributed by atoms with van der Waals surface area (Å²) in [7, 11) is 1.48. The molecule has 6 nitrogen and oxygen atoms in total. The SMILES string of the molecule is COc1ccccc1NC(=O)C(=O)NN=Cc1ccccc1Br. The van der Waals surface area contributed by atoms with Crippen LogP contribution < -0.4 is 15.5 Å². The Balaban J connectivity index is 1.95. The molecule has 2 aromatic rings. The van der Waals surface area contributed by atoms with Crippen LogP contribution in [0.5, 0.6) is 5.75 Å². The first-order valence-electron chi connectivity index (χ1n) is 6.63. The molecule has 0 aliphatic heterocycles. The highest BCUT2D eigenvalue weighted by atomic mass is 79.9. The van der Waals surface area contributed by atoms with Gasteiger partial charge in [0.15, 0.2) is 0 Å². The van der Waals surface area contributed by atoms with E-state index in [0.29, 0.717) is 11.4 Å². The molecule has 0 atom stereocenters. The van der Waals surface area contributed by atoms with E-state index >= 15 is 0 Å². The van der Waals surface area contributed by atoms with Gasteiger partial charge in [-0.25, -0.2) is 5.43 Å². The number of carbonyl (C=O) groups excluding carboxylic acids is 2. The highest BCUT2D eigenvalue weighted by Crippen LogP contribution is 2.22. The maximum absolute atomic E-state index is 11.8. The largest absolute Gasteiger partial charge is 0.495 e. The van der Waals surface area contributed by atoms with Crippen molar-refractivity contribution in [1.82, 2.24) is 5.43 Å². The first-order chi connectivity index (χ1) is 11.1. The van der Waals surface area contributed by atoms with E-state index in [4.69, 9.17) is 4.74 Å². The molecule has 2 amide bonds. The topological polar surface area (TPSA) is 79.8 Å². The standard InChI is InChI=1S/C16H14BrN3O3/c1-23-14-9-5-4-8-13(14)19-15(21)16(22)20-18-10-11-6-2-3-7-12(11)17/h2-10H,1H3,(H,19,21)(H,20,22). The summed E-state index contributed by atoms with van der Waals surface area (Å²) in [6.07, 6.45) is 1.44. The fourth-order valence-electron chi connectivity index (χ4n) is 1.72. The Morgan fingerprint density at radius 1 is 1.09 bits per heavy atom. The van der Waals surface area contributed by atoms with E-state index in [1.165, 1.54) is 13.3 Å². The van der Waals surface area contributed by atoms with Gasteiger partial charge in [0.2, 0.25) is 0 Å². The van der Waals surface area contributed by atoms with Gasteiger partial charge in [-0.15, -0.1) is 0 Å². The molecule has 0 aliphatic rings. The molecule has 0 unspecified atom stereocenters. The molecule has 118 valence electrons. The van der Waals surface area contributed by atoms with Crippen LogP contribution in [0.1, 0.15) is 5.56 Å². The van der Waals surface area contributed by atoms with Gasteiger partial charge in [-0.3, -0.25) is 9.59 Å². The number of amides is 2. The predicted molar refractivity (Wildman–Crippen MR) is 91.5 cm³/mol. The molecule has 0 spiro atoms. The molecular weight excluding hydrogens is 362 g/mol. The van der Waals surface area contributed by atoms with Crippen LogP contribution in [-0.4, -0.2) is 25.1 Å². The van der Waals surface area contributed by atoms with Crippen LogP contribution >= 0.6 is 15.9 Å². The lowest BCUT2D eigenvalue weighted by molar-refractivity contribution is -0.136. The summed E-state index contributed by atoms with van der Waals surface area (Å²) in [5.74, 6) is -1.25. The third kappa shape index (κ3) is 4.65. The van der Waals surface area contributed by atoms with Crippen molar-refractivity contribution in [3.05, 3.63) is 58.6 Å². The minimum absolute atomic E-state index is 0.407. The normalized spacial score (nSPS) is 10.3. The Bertz CT molecular complexity index is 747. The van der Waals surface area contributed by atoms with Gasteiger partial charge in [-0.1, -0.05) is 46.3 Å². The van der Waals surface area contributed by atoms with Gasteiger partial charge in [-0.05, 0) is 18.2 Å². The third-order valence-electron chi connectivity index (χ3n) is 2.84. The van der Waals surface area contributed by atoms with E-state index in [2.05, 4.69) is 31.8 Å². The molecule has 0 radical (unpaired) electrons. The van der Waals surface area contributed by atoms with Crippen LogP contribution in [0.2, 0.25) is 0 Å². The lowest BCUT2D eigenvalue weighted by Gasteiger charge is -2.08. The molecule has 0 aromatic heterocycles. The molecule has 2 rings (SSSR count). The number of nitrogens with one attached hydrogen (secondary N) is 2. The van der Waals surface area contributed by atoms with Gasteiger partial charge < -0.3 is 10.1 Å². The minimum atomic E-state index is -0.876. The first-order valence-corrected chi connectivity index (χ1v) is 7.43. The Morgan fingerprint density at radius 3 is 2.52 bits per heavy atom. The van der Waals surface area contributed by atoms with Gasteiger partial charge in [0.1, 0.15) is 5.75 Å². The van der Waals surface area contributed by atoms with Crippen LogP contribution in [0.15, 0.2) is 58.1 Å². The third-order valence-corrected chi connectivity index (χ3v) is 3.56. The fraction of sp³-hybridized carbons (Fsp3) is 0.0625. The van der Waals surface area contributed by atoms with Crippen molar-refractivity contribution in [2.75, 3.05) is 12.4 Å². The molecule has 0 saturated heterocycles. The van der Waals surface area contributed by atoms with Crippen molar-refractivity contribution in [3.63, 3.8) is 0 Å². The zero-order chi connectivity index (χ0) is 16.7. The summed E-state index contributed by atoms with van der Waals surface area (Å²) < 4.78 is 5.93. The zero-order valence-corrected chi connectivity index (χ0v) is 13.8. The Kier molecular flexibility index (Phi) is 5.87. The van der Waals surface area contributed by atoms with Crippen LogP contribution in [0.25, 0.3) is 0 Å². The Labute approximate surface area is 141 Å². The smallest absolute Gasteiger partial charge is 0.329 e. The van der Waals surface area contributed by atoms with E-state index in [1.54, 1.807) is 24.3 Å². The van der Waals surface area contributed by atoms with Gasteiger partial charge >= 0.3 is 11.8 Å². The quantitative estimate of drug-likeness (QED) is 0.489. The molecule has 0 fully saturated rings. The van der Waals surface area contributed by atoms with E-state index in [1.807, 2.05) is 24.3 Å². The maximum Gasteiger partial charge on any atom is 0.329 e. The highest BCUT2D eigenvalue weighted by Gasteiger charge is 2.14. The van der Waals surface area contributed by atoms with Crippen molar-refractivity contribution >= 4 is 39.6 Å². The molecule has 2 aromatic carbocycles. The van der Waals surface area contributed by atoms with Gasteiger partial charge in [0.25, 0.3) is 0 Å². The number of carbonyl (C=O) groups is 2. The number of nitrogens with zero attached hydrogens (tertiary/aromatic N) is 1. The molecule has 0 saturated carbocycles. The number of rotatable bonds is 4. The monoisotopic (exact) mass is 375 g/mol. The van der Waals surface area contributed by atoms with E-state index in [-0.39, 0.29) is 0 Å². The van der Waals surface area contributed by atoms with Crippen LogP contribution in [-0.2, 0) is 9.59 Å². The molecule has 0 aliphatic carbocycles. The predicted octanol–water partition coefficient (Wildman–Crippen LogP) is 2.55. The number of benzene rings is 2. The number of hydrazone groups is 1. The van der Waals surface area contributed by atoms with E-state index in [9.17, 15) is 9.59 Å². The number of anilines is 1. The maximum atomic E-state index is 11.8. The van der Waals surface area contributed by atoms with Crippen LogP contribution in [0.4, 0.5) is 5.69 Å². The van der Waals surface area contributed by atoms with Crippen molar-refractivity contribution in [1.29, 1.82) is 0 Å². The zero-order valence-electron chi connectivity index (χ0n) is 12.2. The summed E-state index contributed by atoms with van der Waals surface area (Å²) in [6.45, 7) is 0. The molecule has 7 heteroatoms. The summed E-state index contributed by atoms with van der Waals surface area (Å²) in [6, 6.07) is 14.2. The van der Waals surface area contributed by atoms with E-state index < -0.39 is 11.8 Å². The number of para-hydroxylation sites is 2. The Morgan fingerprint density at radius 2 is 1.78 bits per heavy atom. The molecule has 0 heterocycles. The lowest BCUT2D eigenvalue weighted by Crippen LogP contribution is -2.32. The van der Waals surface area contributed by atoms with E-state index in [0.717, 1.165) is 10.0 Å². The first kappa shape index (κ1) is 16.7. The highest BCUT2D eigenvalue weighted by molar-refractivity contribution is 9.10. The number of halogens is 1. The number of methoxy groups -OCH3 is 1. The van der Waals surface area contributed by atoms with Gasteiger partial charge in [-0.2, -0.15) is 5.10 Å². The Hall–Kier alpha value is -2.67. The average Bonchev–Trinajstić information content (AvgIpc) is 2.57. The van der Waals surface area contributed by atoms with Gasteiger partial charge in [0.05, 0.1) is 19.0 Å².